The van der Waals surface area contributed by atoms with Crippen LogP contribution in [-0.4, -0.2) is 10.1 Å². The zero-order chi connectivity index (χ0) is 21.0. The molecule has 0 aliphatic rings. The molecule has 1 aromatic heterocycles. The number of oxazole rings is 1. The van der Waals surface area contributed by atoms with Gasteiger partial charge in [0.05, 0.1) is 0 Å². The van der Waals surface area contributed by atoms with E-state index in [1.807, 2.05) is 91.0 Å². The first kappa shape index (κ1) is 18.9. The van der Waals surface area contributed by atoms with Gasteiger partial charge < -0.3 is 9.52 Å². The van der Waals surface area contributed by atoms with E-state index >= 15 is 0 Å². The summed E-state index contributed by atoms with van der Waals surface area (Å²) in [5.74, 6) is 1.62. The normalized spacial score (nSPS) is 10.8. The van der Waals surface area contributed by atoms with E-state index in [0.717, 1.165) is 39.3 Å². The number of phenolic OH excluding ortho intramolecular Hbond substituents is 1. The lowest BCUT2D eigenvalue weighted by Gasteiger charge is -2.07. The van der Waals surface area contributed by atoms with Gasteiger partial charge >= 0.3 is 0 Å². The molecule has 0 amide bonds. The number of aromatic hydroxyl groups is 1. The third-order valence-corrected chi connectivity index (χ3v) is 5.26. The van der Waals surface area contributed by atoms with Gasteiger partial charge in [-0.15, -0.1) is 0 Å². The molecular formula is C28H21NO2. The first-order chi connectivity index (χ1) is 15.3. The minimum absolute atomic E-state index is 0.267. The summed E-state index contributed by atoms with van der Waals surface area (Å²) in [7, 11) is 0. The van der Waals surface area contributed by atoms with Crippen molar-refractivity contribution in [3.8, 4) is 39.8 Å². The molecule has 0 atom stereocenters. The van der Waals surface area contributed by atoms with Crippen LogP contribution in [-0.2, 0) is 6.42 Å². The highest BCUT2D eigenvalue weighted by molar-refractivity contribution is 5.79. The van der Waals surface area contributed by atoms with Gasteiger partial charge in [-0.3, -0.25) is 0 Å². The Morgan fingerprint density at radius 1 is 0.677 bits per heavy atom. The van der Waals surface area contributed by atoms with E-state index in [1.165, 1.54) is 0 Å². The van der Waals surface area contributed by atoms with Crippen LogP contribution in [0.5, 0.6) is 5.75 Å². The van der Waals surface area contributed by atoms with E-state index in [-0.39, 0.29) is 5.75 Å². The number of benzene rings is 4. The molecule has 1 heterocycles. The van der Waals surface area contributed by atoms with Crippen molar-refractivity contribution < 1.29 is 9.52 Å². The first-order valence-corrected chi connectivity index (χ1v) is 10.3. The molecule has 5 aromatic rings. The summed E-state index contributed by atoms with van der Waals surface area (Å²) in [6, 6.07) is 35.6. The average molecular weight is 403 g/mol. The molecule has 0 aliphatic heterocycles. The van der Waals surface area contributed by atoms with Gasteiger partial charge in [-0.05, 0) is 35.7 Å². The zero-order valence-electron chi connectivity index (χ0n) is 16.9. The van der Waals surface area contributed by atoms with Crippen LogP contribution < -0.4 is 0 Å². The topological polar surface area (TPSA) is 46.3 Å². The zero-order valence-corrected chi connectivity index (χ0v) is 16.9. The summed E-state index contributed by atoms with van der Waals surface area (Å²) in [5, 5.41) is 9.84. The van der Waals surface area contributed by atoms with Gasteiger partial charge in [0.1, 0.15) is 11.4 Å². The molecule has 0 fully saturated rings. The van der Waals surface area contributed by atoms with Gasteiger partial charge in [0.25, 0.3) is 0 Å². The fourth-order valence-corrected chi connectivity index (χ4v) is 3.78. The van der Waals surface area contributed by atoms with Crippen molar-refractivity contribution in [3.05, 3.63) is 120 Å². The Balaban J connectivity index is 1.63. The van der Waals surface area contributed by atoms with Crippen LogP contribution >= 0.6 is 0 Å². The van der Waals surface area contributed by atoms with Crippen LogP contribution in [0.1, 0.15) is 11.1 Å². The van der Waals surface area contributed by atoms with Crippen LogP contribution in [0.4, 0.5) is 0 Å². The molecule has 0 saturated heterocycles. The first-order valence-electron chi connectivity index (χ1n) is 10.3. The summed E-state index contributed by atoms with van der Waals surface area (Å²) in [4.78, 5) is 4.93. The fourth-order valence-electron chi connectivity index (χ4n) is 3.78. The highest BCUT2D eigenvalue weighted by atomic mass is 16.4. The van der Waals surface area contributed by atoms with Crippen LogP contribution in [0.15, 0.2) is 114 Å². The lowest BCUT2D eigenvalue weighted by atomic mass is 9.99. The second kappa shape index (κ2) is 8.33. The number of rotatable bonds is 5. The number of hydrogen-bond acceptors (Lipinski definition) is 3. The maximum atomic E-state index is 9.84. The summed E-state index contributed by atoms with van der Waals surface area (Å²) in [5.41, 5.74) is 5.91. The summed E-state index contributed by atoms with van der Waals surface area (Å²) in [6.07, 6.45) is 0.675. The predicted octanol–water partition coefficient (Wildman–Crippen LogP) is 6.97. The average Bonchev–Trinajstić information content (AvgIpc) is 3.26. The predicted molar refractivity (Wildman–Crippen MR) is 124 cm³/mol. The van der Waals surface area contributed by atoms with Gasteiger partial charge in [0.2, 0.25) is 5.89 Å². The molecule has 0 unspecified atom stereocenters. The van der Waals surface area contributed by atoms with Crippen LogP contribution in [0.3, 0.4) is 0 Å². The molecule has 0 aliphatic carbocycles. The number of aromatic nitrogens is 1. The molecule has 0 bridgehead atoms. The largest absolute Gasteiger partial charge is 0.508 e. The second-order valence-corrected chi connectivity index (χ2v) is 7.43. The smallest absolute Gasteiger partial charge is 0.227 e. The molecule has 1 N–H and O–H groups in total. The number of hydrogen-bond donors (Lipinski definition) is 1. The molecule has 0 saturated carbocycles. The van der Waals surface area contributed by atoms with E-state index in [1.54, 1.807) is 12.1 Å². The Kier molecular flexibility index (Phi) is 5.07. The molecular weight excluding hydrogens is 382 g/mol. The molecule has 3 heteroatoms. The van der Waals surface area contributed by atoms with E-state index in [0.29, 0.717) is 12.3 Å². The molecule has 5 rings (SSSR count). The molecule has 31 heavy (non-hydrogen) atoms. The third-order valence-electron chi connectivity index (χ3n) is 5.26. The van der Waals surface area contributed by atoms with Gasteiger partial charge in [-0.1, -0.05) is 91.0 Å². The Morgan fingerprint density at radius 2 is 1.35 bits per heavy atom. The monoisotopic (exact) mass is 403 g/mol. The van der Waals surface area contributed by atoms with Gasteiger partial charge in [0.15, 0.2) is 5.76 Å². The van der Waals surface area contributed by atoms with E-state index < -0.39 is 0 Å². The van der Waals surface area contributed by atoms with Crippen molar-refractivity contribution in [2.45, 2.75) is 6.42 Å². The summed E-state index contributed by atoms with van der Waals surface area (Å²) >= 11 is 0. The lowest BCUT2D eigenvalue weighted by Crippen LogP contribution is -1.92. The number of nitrogens with zero attached hydrogens (tertiary/aromatic N) is 1. The Morgan fingerprint density at radius 3 is 2.10 bits per heavy atom. The van der Waals surface area contributed by atoms with Crippen LogP contribution in [0.25, 0.3) is 34.0 Å². The molecule has 0 radical (unpaired) electrons. The Bertz CT molecular complexity index is 1250. The highest BCUT2D eigenvalue weighted by Gasteiger charge is 2.19. The van der Waals surface area contributed by atoms with E-state index in [9.17, 15) is 5.11 Å². The Labute approximate surface area is 181 Å². The van der Waals surface area contributed by atoms with Gasteiger partial charge in [-0.25, -0.2) is 4.98 Å². The molecule has 150 valence electrons. The van der Waals surface area contributed by atoms with E-state index in [4.69, 9.17) is 9.40 Å². The SMILES string of the molecule is Oc1cccc(Cc2ccccc2-c2nc(-c3ccccc3)c(-c3ccccc3)o2)c1. The maximum Gasteiger partial charge on any atom is 0.227 e. The van der Waals surface area contributed by atoms with E-state index in [2.05, 4.69) is 6.07 Å². The molecule has 3 nitrogen and oxygen atoms in total. The Hall–Kier alpha value is -4.11. The second-order valence-electron chi connectivity index (χ2n) is 7.43. The van der Waals surface area contributed by atoms with Crippen molar-refractivity contribution in [1.29, 1.82) is 0 Å². The van der Waals surface area contributed by atoms with Gasteiger partial charge in [-0.2, -0.15) is 0 Å². The highest BCUT2D eigenvalue weighted by Crippen LogP contribution is 2.37. The third kappa shape index (κ3) is 3.99. The van der Waals surface area contributed by atoms with Crippen molar-refractivity contribution in [2.75, 3.05) is 0 Å². The van der Waals surface area contributed by atoms with Gasteiger partial charge in [0, 0.05) is 16.7 Å². The molecule has 4 aromatic carbocycles. The van der Waals surface area contributed by atoms with Crippen molar-refractivity contribution in [2.24, 2.45) is 0 Å². The fraction of sp³-hybridized carbons (Fsp3) is 0.0357. The lowest BCUT2D eigenvalue weighted by molar-refractivity contribution is 0.474. The van der Waals surface area contributed by atoms with Crippen molar-refractivity contribution in [3.63, 3.8) is 0 Å². The standard InChI is InChI=1S/C28H21NO2/c30-24-16-9-10-20(19-24)18-23-15-7-8-17-25(23)28-29-26(21-11-3-1-4-12-21)27(31-28)22-13-5-2-6-14-22/h1-17,19,30H,18H2. The summed E-state index contributed by atoms with van der Waals surface area (Å²) in [6.45, 7) is 0. The molecule has 0 spiro atoms. The maximum absolute atomic E-state index is 9.84. The minimum Gasteiger partial charge on any atom is -0.508 e. The summed E-state index contributed by atoms with van der Waals surface area (Å²) < 4.78 is 6.38. The van der Waals surface area contributed by atoms with Crippen LogP contribution in [0, 0.1) is 0 Å². The van der Waals surface area contributed by atoms with Crippen LogP contribution in [0.2, 0.25) is 0 Å². The number of phenols is 1. The van der Waals surface area contributed by atoms with Crippen molar-refractivity contribution >= 4 is 0 Å². The van der Waals surface area contributed by atoms with Crippen molar-refractivity contribution in [1.82, 2.24) is 4.98 Å². The quantitative estimate of drug-likeness (QED) is 0.345. The minimum atomic E-state index is 0.267.